The molecular formula is H4AsO6PSi. The molecule has 0 saturated carbocycles. The van der Waals surface area contributed by atoms with Crippen LogP contribution >= 0.6 is 7.82 Å². The zero-order valence-electron chi connectivity index (χ0n) is 4.05. The SMILES string of the molecule is O=[Si](O[AsH2])OP(=O)(O)O. The van der Waals surface area contributed by atoms with Gasteiger partial charge in [-0.1, -0.05) is 0 Å². The Morgan fingerprint density at radius 2 is 2.00 bits per heavy atom. The van der Waals surface area contributed by atoms with Crippen LogP contribution in [0.15, 0.2) is 0 Å². The normalized spacial score (nSPS) is 10.6. The van der Waals surface area contributed by atoms with Crippen LogP contribution in [0.25, 0.3) is 0 Å². The Morgan fingerprint density at radius 1 is 1.56 bits per heavy atom. The Bertz CT molecular complexity index is 147. The van der Waals surface area contributed by atoms with Crippen molar-refractivity contribution in [3.8, 4) is 0 Å². The van der Waals surface area contributed by atoms with Gasteiger partial charge in [0.2, 0.25) is 0 Å². The first-order valence-electron chi connectivity index (χ1n) is 1.61. The monoisotopic (exact) mass is 234 g/mol. The van der Waals surface area contributed by atoms with Crippen LogP contribution in [0.4, 0.5) is 0 Å². The van der Waals surface area contributed by atoms with Gasteiger partial charge < -0.3 is 0 Å². The quantitative estimate of drug-likeness (QED) is 0.436. The van der Waals surface area contributed by atoms with E-state index >= 15 is 0 Å². The molecule has 0 spiro atoms. The van der Waals surface area contributed by atoms with E-state index in [1.54, 1.807) is 0 Å². The molecule has 2 N–H and O–H groups in total. The molecule has 0 aliphatic carbocycles. The molecule has 9 heteroatoms. The second-order valence-electron chi connectivity index (χ2n) is 0.950. The molecule has 1 unspecified atom stereocenters. The average molecular weight is 234 g/mol. The van der Waals surface area contributed by atoms with E-state index in [-0.39, 0.29) is 0 Å². The van der Waals surface area contributed by atoms with Crippen molar-refractivity contribution < 1.29 is 26.4 Å². The molecule has 0 aromatic rings. The van der Waals surface area contributed by atoms with Crippen molar-refractivity contribution in [1.82, 2.24) is 0 Å². The summed E-state index contributed by atoms with van der Waals surface area (Å²) in [4.78, 5) is 15.9. The second kappa shape index (κ2) is 3.48. The predicted molar refractivity (Wildman–Crippen MR) is 29.2 cm³/mol. The van der Waals surface area contributed by atoms with E-state index in [1.165, 1.54) is 0 Å². The Hall–Kier alpha value is 0.325. The first-order valence-corrected chi connectivity index (χ1v) is 5.36. The summed E-state index contributed by atoms with van der Waals surface area (Å²) in [6.07, 6.45) is 0. The van der Waals surface area contributed by atoms with Crippen LogP contribution in [0.1, 0.15) is 0 Å². The van der Waals surface area contributed by atoms with Crippen LogP contribution in [-0.4, -0.2) is 36.2 Å². The summed E-state index contributed by atoms with van der Waals surface area (Å²) in [6, 6.07) is 0. The number of hydrogen-bond donors (Lipinski definition) is 2. The fraction of sp³-hybridized carbons (Fsp3) is 0. The van der Waals surface area contributed by atoms with E-state index in [0.717, 1.165) is 0 Å². The zero-order chi connectivity index (χ0) is 7.49. The summed E-state index contributed by atoms with van der Waals surface area (Å²) in [5, 5.41) is 0. The summed E-state index contributed by atoms with van der Waals surface area (Å²) in [7, 11) is -7.59. The van der Waals surface area contributed by atoms with Gasteiger partial charge in [-0.2, -0.15) is 0 Å². The number of hydrogen-bond acceptors (Lipinski definition) is 4. The molecule has 0 rings (SSSR count). The van der Waals surface area contributed by atoms with Crippen LogP contribution in [0.2, 0.25) is 0 Å². The Labute approximate surface area is 61.2 Å². The maximum atomic E-state index is 10.1. The summed E-state index contributed by atoms with van der Waals surface area (Å²) in [5.41, 5.74) is 0. The minimum atomic E-state index is -4.62. The van der Waals surface area contributed by atoms with Crippen molar-refractivity contribution in [3.05, 3.63) is 0 Å². The van der Waals surface area contributed by atoms with Gasteiger partial charge in [-0.25, -0.2) is 0 Å². The standard InChI is InChI=1S/AsH4O6PSi/c1-6-9(5)7-8(2,3)4/h1H2,(H2,2,3,4). The van der Waals surface area contributed by atoms with E-state index < -0.39 is 17.0 Å². The molecule has 0 aliphatic rings. The van der Waals surface area contributed by atoms with E-state index in [4.69, 9.17) is 9.79 Å². The molecule has 0 saturated heterocycles. The van der Waals surface area contributed by atoms with Crippen LogP contribution in [0.5, 0.6) is 0 Å². The third-order valence-electron chi connectivity index (χ3n) is 0.290. The Balaban J connectivity index is 3.75. The van der Waals surface area contributed by atoms with Gasteiger partial charge in [-0.05, 0) is 0 Å². The van der Waals surface area contributed by atoms with Crippen molar-refractivity contribution in [2.45, 2.75) is 0 Å². The topological polar surface area (TPSA) is 93.1 Å². The summed E-state index contributed by atoms with van der Waals surface area (Å²) in [5.74, 6) is 0. The van der Waals surface area contributed by atoms with E-state index in [1.807, 2.05) is 0 Å². The fourth-order valence-corrected chi connectivity index (χ4v) is 1.88. The maximum absolute atomic E-state index is 10.1. The Morgan fingerprint density at radius 3 is 2.11 bits per heavy atom. The number of rotatable bonds is 3. The zero-order valence-corrected chi connectivity index (χ0v) is 8.37. The van der Waals surface area contributed by atoms with Crippen LogP contribution < -0.4 is 0 Å². The molecule has 0 aromatic heterocycles. The molecule has 0 fully saturated rings. The van der Waals surface area contributed by atoms with E-state index in [0.29, 0.717) is 17.2 Å². The van der Waals surface area contributed by atoms with Crippen LogP contribution in [0.3, 0.4) is 0 Å². The summed E-state index contributed by atoms with van der Waals surface area (Å²) >= 11 is 0.622. The molecule has 54 valence electrons. The van der Waals surface area contributed by atoms with Crippen molar-refractivity contribution in [3.63, 3.8) is 0 Å². The molecular weight excluding hydrogens is 230 g/mol. The molecule has 0 bridgehead atoms. The van der Waals surface area contributed by atoms with E-state index in [9.17, 15) is 9.03 Å². The third kappa shape index (κ3) is 6.21. The predicted octanol–water partition coefficient (Wildman–Crippen LogP) is -1.92. The van der Waals surface area contributed by atoms with Gasteiger partial charge in [0.25, 0.3) is 0 Å². The van der Waals surface area contributed by atoms with Gasteiger partial charge in [0.1, 0.15) is 0 Å². The molecule has 9 heavy (non-hydrogen) atoms. The fourth-order valence-electron chi connectivity index (χ4n) is 0.119. The van der Waals surface area contributed by atoms with Crippen LogP contribution in [0, 0.1) is 0 Å². The van der Waals surface area contributed by atoms with Crippen molar-refractivity contribution in [2.24, 2.45) is 0 Å². The molecule has 0 aliphatic heterocycles. The molecule has 0 radical (unpaired) electrons. The molecule has 0 amide bonds. The first-order chi connectivity index (χ1) is 3.95. The Kier molecular flexibility index (Phi) is 3.61. The summed E-state index contributed by atoms with van der Waals surface area (Å²) < 4.78 is 27.5. The molecule has 6 nitrogen and oxygen atoms in total. The van der Waals surface area contributed by atoms with Gasteiger partial charge >= 0.3 is 60.6 Å². The van der Waals surface area contributed by atoms with E-state index in [2.05, 4.69) is 7.63 Å². The van der Waals surface area contributed by atoms with Gasteiger partial charge in [-0.3, -0.25) is 0 Å². The van der Waals surface area contributed by atoms with Gasteiger partial charge in [0, 0.05) is 0 Å². The van der Waals surface area contributed by atoms with Crippen molar-refractivity contribution in [1.29, 1.82) is 0 Å². The van der Waals surface area contributed by atoms with Crippen LogP contribution in [-0.2, 0) is 16.7 Å². The first kappa shape index (κ1) is 9.33. The van der Waals surface area contributed by atoms with Crippen molar-refractivity contribution >= 4 is 34.2 Å². The second-order valence-corrected chi connectivity index (χ2v) is 4.88. The average Bonchev–Trinajstić information content (AvgIpc) is 1.62. The van der Waals surface area contributed by atoms with Gasteiger partial charge in [0.05, 0.1) is 0 Å². The minimum absolute atomic E-state index is 0.622. The molecule has 1 atom stereocenters. The third-order valence-corrected chi connectivity index (χ3v) is 3.24. The van der Waals surface area contributed by atoms with Crippen molar-refractivity contribution in [2.75, 3.05) is 0 Å². The molecule has 0 heterocycles. The molecule has 0 aromatic carbocycles. The van der Waals surface area contributed by atoms with Gasteiger partial charge in [0.15, 0.2) is 0 Å². The summed E-state index contributed by atoms with van der Waals surface area (Å²) in [6.45, 7) is 0. The van der Waals surface area contributed by atoms with Gasteiger partial charge in [-0.15, -0.1) is 0 Å². The number of phosphoric acid groups is 1.